The molecule has 3 aromatic rings. The average molecular weight is 401 g/mol. The van der Waals surface area contributed by atoms with E-state index in [0.29, 0.717) is 22.8 Å². The molecule has 0 fully saturated rings. The molecule has 0 saturated heterocycles. The van der Waals surface area contributed by atoms with Crippen molar-refractivity contribution in [1.82, 2.24) is 20.2 Å². The minimum atomic E-state index is -1.38. The van der Waals surface area contributed by atoms with Crippen LogP contribution in [0.3, 0.4) is 0 Å². The van der Waals surface area contributed by atoms with Crippen LogP contribution < -0.4 is 5.32 Å². The van der Waals surface area contributed by atoms with Crippen LogP contribution in [0.1, 0.15) is 16.1 Å². The van der Waals surface area contributed by atoms with E-state index in [4.69, 9.17) is 11.6 Å². The quantitative estimate of drug-likeness (QED) is 0.551. The van der Waals surface area contributed by atoms with Gasteiger partial charge in [-0.1, -0.05) is 41.9 Å². The molecule has 2 aromatic heterocycles. The Bertz CT molecular complexity index is 988. The highest BCUT2D eigenvalue weighted by Gasteiger charge is 2.29. The molecule has 0 saturated carbocycles. The number of amides is 2. The molecule has 0 radical (unpaired) electrons. The first-order chi connectivity index (χ1) is 13.3. The number of nitrogens with one attached hydrogen (secondary N) is 2. The van der Waals surface area contributed by atoms with Gasteiger partial charge in [0.1, 0.15) is 10.8 Å². The second-order valence-corrected chi connectivity index (χ2v) is 7.11. The van der Waals surface area contributed by atoms with Crippen molar-refractivity contribution in [2.45, 2.75) is 18.6 Å². The van der Waals surface area contributed by atoms with Gasteiger partial charge in [0, 0.05) is 19.5 Å². The molecule has 3 N–H and O–H groups in total. The fraction of sp³-hybridized carbons (Fsp3) is 0.250. The zero-order valence-corrected chi connectivity index (χ0v) is 16.3. The van der Waals surface area contributed by atoms with Crippen LogP contribution in [-0.4, -0.2) is 58.0 Å². The summed E-state index contributed by atoms with van der Waals surface area (Å²) >= 11 is 5.89. The first kappa shape index (κ1) is 19.9. The number of carbonyl (C=O) groups is 2. The molecule has 0 aliphatic rings. The van der Waals surface area contributed by atoms with Gasteiger partial charge in [-0.2, -0.15) is 0 Å². The molecule has 2 amide bonds. The number of aliphatic hydroxyl groups is 1. The molecule has 0 bridgehead atoms. The number of benzene rings is 1. The summed E-state index contributed by atoms with van der Waals surface area (Å²) in [6.07, 6.45) is 0.473. The van der Waals surface area contributed by atoms with E-state index >= 15 is 0 Å². The van der Waals surface area contributed by atoms with Gasteiger partial charge in [-0.25, -0.2) is 4.98 Å². The van der Waals surface area contributed by atoms with Gasteiger partial charge in [-0.15, -0.1) is 0 Å². The van der Waals surface area contributed by atoms with Gasteiger partial charge < -0.3 is 20.3 Å². The normalized spacial score (nSPS) is 13.1. The van der Waals surface area contributed by atoms with Crippen molar-refractivity contribution in [2.24, 2.45) is 0 Å². The van der Waals surface area contributed by atoms with E-state index in [1.807, 2.05) is 30.3 Å². The van der Waals surface area contributed by atoms with E-state index in [9.17, 15) is 14.7 Å². The van der Waals surface area contributed by atoms with Crippen LogP contribution in [-0.2, 0) is 11.2 Å². The molecule has 0 aliphatic heterocycles. The number of rotatable bonds is 6. The van der Waals surface area contributed by atoms with Crippen molar-refractivity contribution in [2.75, 3.05) is 14.1 Å². The number of hydrogen-bond acceptors (Lipinski definition) is 4. The van der Waals surface area contributed by atoms with Crippen LogP contribution >= 0.6 is 11.6 Å². The SMILES string of the molecule is CN(C)C(=O)[C@@H](O)[C@H](Cc1ccccc1)NC(=O)c1cc2cc(Cl)ncc2[nH]1. The molecule has 28 heavy (non-hydrogen) atoms. The highest BCUT2D eigenvalue weighted by atomic mass is 35.5. The third-order valence-electron chi connectivity index (χ3n) is 4.41. The fourth-order valence-electron chi connectivity index (χ4n) is 2.92. The van der Waals surface area contributed by atoms with E-state index in [-0.39, 0.29) is 0 Å². The van der Waals surface area contributed by atoms with E-state index < -0.39 is 24.0 Å². The molecular weight excluding hydrogens is 380 g/mol. The zero-order chi connectivity index (χ0) is 20.3. The Balaban J connectivity index is 1.84. The minimum absolute atomic E-state index is 0.293. The highest BCUT2D eigenvalue weighted by Crippen LogP contribution is 2.18. The molecule has 2 atom stereocenters. The van der Waals surface area contributed by atoms with Crippen LogP contribution in [0.25, 0.3) is 10.9 Å². The lowest BCUT2D eigenvalue weighted by Crippen LogP contribution is -2.51. The van der Waals surface area contributed by atoms with Crippen molar-refractivity contribution >= 4 is 34.3 Å². The van der Waals surface area contributed by atoms with E-state index in [2.05, 4.69) is 15.3 Å². The van der Waals surface area contributed by atoms with E-state index in [1.165, 1.54) is 4.90 Å². The number of H-pyrrole nitrogens is 1. The number of carbonyl (C=O) groups excluding carboxylic acids is 2. The molecule has 0 unspecified atom stereocenters. The van der Waals surface area contributed by atoms with Crippen molar-refractivity contribution in [3.05, 3.63) is 65.1 Å². The third-order valence-corrected chi connectivity index (χ3v) is 4.61. The molecule has 0 aliphatic carbocycles. The summed E-state index contributed by atoms with van der Waals surface area (Å²) in [5.41, 5.74) is 1.85. The predicted molar refractivity (Wildman–Crippen MR) is 107 cm³/mol. The minimum Gasteiger partial charge on any atom is -0.381 e. The Morgan fingerprint density at radius 2 is 1.96 bits per heavy atom. The highest BCUT2D eigenvalue weighted by molar-refractivity contribution is 6.30. The average Bonchev–Trinajstić information content (AvgIpc) is 3.10. The van der Waals surface area contributed by atoms with Crippen LogP contribution in [0, 0.1) is 0 Å². The van der Waals surface area contributed by atoms with Gasteiger partial charge in [0.05, 0.1) is 17.8 Å². The van der Waals surface area contributed by atoms with E-state index in [1.54, 1.807) is 32.4 Å². The maximum Gasteiger partial charge on any atom is 0.268 e. The maximum absolute atomic E-state index is 12.8. The summed E-state index contributed by atoms with van der Waals surface area (Å²) in [6.45, 7) is 0. The topological polar surface area (TPSA) is 98.3 Å². The Hall–Kier alpha value is -2.90. The summed E-state index contributed by atoms with van der Waals surface area (Å²) in [7, 11) is 3.11. The summed E-state index contributed by atoms with van der Waals surface area (Å²) in [6, 6.07) is 11.9. The Morgan fingerprint density at radius 1 is 1.25 bits per heavy atom. The lowest BCUT2D eigenvalue weighted by molar-refractivity contribution is -0.138. The summed E-state index contributed by atoms with van der Waals surface area (Å²) < 4.78 is 0. The lowest BCUT2D eigenvalue weighted by atomic mass is 10.00. The standard InChI is InChI=1S/C20H21ClN4O3/c1-25(2)20(28)18(26)14(8-12-6-4-3-5-7-12)24-19(27)15-9-13-10-17(21)22-11-16(13)23-15/h3-7,9-11,14,18,23,26H,8H2,1-2H3,(H,24,27)/t14-,18-/m0/s1. The summed E-state index contributed by atoms with van der Waals surface area (Å²) in [4.78, 5) is 33.3. The van der Waals surface area contributed by atoms with E-state index in [0.717, 1.165) is 10.9 Å². The summed E-state index contributed by atoms with van der Waals surface area (Å²) in [5, 5.41) is 14.4. The predicted octanol–water partition coefficient (Wildman–Crippen LogP) is 2.01. The number of pyridine rings is 1. The maximum atomic E-state index is 12.8. The van der Waals surface area contributed by atoms with Crippen molar-refractivity contribution in [3.8, 4) is 0 Å². The summed E-state index contributed by atoms with van der Waals surface area (Å²) in [5.74, 6) is -0.910. The number of aromatic amines is 1. The van der Waals surface area contributed by atoms with Gasteiger partial charge >= 0.3 is 0 Å². The number of fused-ring (bicyclic) bond motifs is 1. The number of aromatic nitrogens is 2. The van der Waals surface area contributed by atoms with Gasteiger partial charge in [0.2, 0.25) is 0 Å². The van der Waals surface area contributed by atoms with Gasteiger partial charge in [0.25, 0.3) is 11.8 Å². The number of nitrogens with zero attached hydrogens (tertiary/aromatic N) is 2. The van der Waals surface area contributed by atoms with Gasteiger partial charge in [-0.05, 0) is 24.1 Å². The van der Waals surface area contributed by atoms with Crippen LogP contribution in [0.15, 0.2) is 48.7 Å². The molecule has 0 spiro atoms. The van der Waals surface area contributed by atoms with Crippen molar-refractivity contribution in [3.63, 3.8) is 0 Å². The zero-order valence-electron chi connectivity index (χ0n) is 15.5. The fourth-order valence-corrected chi connectivity index (χ4v) is 3.09. The second-order valence-electron chi connectivity index (χ2n) is 6.72. The first-order valence-corrected chi connectivity index (χ1v) is 9.11. The van der Waals surface area contributed by atoms with Crippen molar-refractivity contribution in [1.29, 1.82) is 0 Å². The second kappa shape index (κ2) is 8.41. The number of halogens is 1. The monoisotopic (exact) mass is 400 g/mol. The third kappa shape index (κ3) is 4.49. The van der Waals surface area contributed by atoms with Crippen molar-refractivity contribution < 1.29 is 14.7 Å². The first-order valence-electron chi connectivity index (χ1n) is 8.73. The van der Waals surface area contributed by atoms with Crippen LogP contribution in [0.2, 0.25) is 5.15 Å². The molecule has 146 valence electrons. The smallest absolute Gasteiger partial charge is 0.268 e. The lowest BCUT2D eigenvalue weighted by Gasteiger charge is -2.25. The molecule has 7 nitrogen and oxygen atoms in total. The molecule has 1 aromatic carbocycles. The largest absolute Gasteiger partial charge is 0.381 e. The Kier molecular flexibility index (Phi) is 5.96. The number of hydrogen-bond donors (Lipinski definition) is 3. The number of likely N-dealkylation sites (N-methyl/N-ethyl adjacent to an activating group) is 1. The molecule has 3 rings (SSSR count). The number of aliphatic hydroxyl groups excluding tert-OH is 1. The van der Waals surface area contributed by atoms with Gasteiger partial charge in [-0.3, -0.25) is 9.59 Å². The molecule has 2 heterocycles. The molecule has 8 heteroatoms. The Morgan fingerprint density at radius 3 is 2.64 bits per heavy atom. The van der Waals surface area contributed by atoms with Crippen LogP contribution in [0.5, 0.6) is 0 Å². The molecular formula is C20H21ClN4O3. The van der Waals surface area contributed by atoms with Crippen LogP contribution in [0.4, 0.5) is 0 Å². The van der Waals surface area contributed by atoms with Gasteiger partial charge in [0.15, 0.2) is 6.10 Å². The Labute approximate surface area is 167 Å².